The molecule has 3 atom stereocenters. The molecular formula is C16H26N4O2. The fourth-order valence-corrected chi connectivity index (χ4v) is 3.29. The average molecular weight is 306 g/mol. The molecule has 6 heteroatoms. The molecule has 2 heterocycles. The van der Waals surface area contributed by atoms with Gasteiger partial charge in [0.15, 0.2) is 0 Å². The Morgan fingerprint density at radius 3 is 2.91 bits per heavy atom. The lowest BCUT2D eigenvalue weighted by Crippen LogP contribution is -2.30. The molecule has 0 radical (unpaired) electrons. The molecule has 0 amide bonds. The summed E-state index contributed by atoms with van der Waals surface area (Å²) < 4.78 is 5.48. The van der Waals surface area contributed by atoms with Gasteiger partial charge in [-0.2, -0.15) is 0 Å². The molecule has 3 rings (SSSR count). The summed E-state index contributed by atoms with van der Waals surface area (Å²) in [5, 5.41) is 16.5. The SMILES string of the molecule is OC1CCCC(CNc2cc(NC3CCCOC3)ncn2)C1. The van der Waals surface area contributed by atoms with Crippen LogP contribution < -0.4 is 10.6 Å². The highest BCUT2D eigenvalue weighted by atomic mass is 16.5. The Bertz CT molecular complexity index is 465. The zero-order valence-electron chi connectivity index (χ0n) is 13.0. The molecule has 22 heavy (non-hydrogen) atoms. The van der Waals surface area contributed by atoms with Crippen LogP contribution in [0.25, 0.3) is 0 Å². The van der Waals surface area contributed by atoms with Crippen molar-refractivity contribution in [2.45, 2.75) is 50.7 Å². The molecule has 3 unspecified atom stereocenters. The molecule has 1 saturated heterocycles. The molecule has 1 aromatic heterocycles. The maximum Gasteiger partial charge on any atom is 0.131 e. The van der Waals surface area contributed by atoms with E-state index >= 15 is 0 Å². The normalized spacial score (nSPS) is 29.0. The van der Waals surface area contributed by atoms with Gasteiger partial charge in [0, 0.05) is 19.2 Å². The third kappa shape index (κ3) is 4.55. The van der Waals surface area contributed by atoms with Crippen molar-refractivity contribution >= 4 is 11.6 Å². The summed E-state index contributed by atoms with van der Waals surface area (Å²) in [4.78, 5) is 8.56. The molecule has 6 nitrogen and oxygen atoms in total. The van der Waals surface area contributed by atoms with E-state index < -0.39 is 0 Å². The highest BCUT2D eigenvalue weighted by molar-refractivity contribution is 5.47. The van der Waals surface area contributed by atoms with E-state index in [1.165, 1.54) is 6.42 Å². The average Bonchev–Trinajstić information content (AvgIpc) is 2.54. The third-order valence-electron chi connectivity index (χ3n) is 4.51. The van der Waals surface area contributed by atoms with E-state index in [-0.39, 0.29) is 6.10 Å². The van der Waals surface area contributed by atoms with Crippen molar-refractivity contribution in [2.75, 3.05) is 30.4 Å². The zero-order valence-corrected chi connectivity index (χ0v) is 13.0. The lowest BCUT2D eigenvalue weighted by molar-refractivity contribution is 0.0875. The van der Waals surface area contributed by atoms with Gasteiger partial charge in [0.05, 0.1) is 18.8 Å². The second-order valence-corrected chi connectivity index (χ2v) is 6.41. The van der Waals surface area contributed by atoms with Gasteiger partial charge in [0.1, 0.15) is 18.0 Å². The van der Waals surface area contributed by atoms with E-state index in [1.54, 1.807) is 6.33 Å². The quantitative estimate of drug-likeness (QED) is 0.772. The Morgan fingerprint density at radius 2 is 2.09 bits per heavy atom. The van der Waals surface area contributed by atoms with E-state index in [0.29, 0.717) is 12.0 Å². The number of rotatable bonds is 5. The first-order valence-corrected chi connectivity index (χ1v) is 8.38. The summed E-state index contributed by atoms with van der Waals surface area (Å²) in [6, 6.07) is 2.29. The molecule has 0 aromatic carbocycles. The number of aliphatic hydroxyl groups excluding tert-OH is 1. The number of hydrogen-bond donors (Lipinski definition) is 3. The minimum atomic E-state index is -0.130. The van der Waals surface area contributed by atoms with Crippen LogP contribution in [0.4, 0.5) is 11.6 Å². The minimum Gasteiger partial charge on any atom is -0.393 e. The Hall–Kier alpha value is -1.40. The summed E-state index contributed by atoms with van der Waals surface area (Å²) in [6.45, 7) is 2.47. The van der Waals surface area contributed by atoms with Crippen LogP contribution in [0, 0.1) is 5.92 Å². The monoisotopic (exact) mass is 306 g/mol. The minimum absolute atomic E-state index is 0.130. The van der Waals surface area contributed by atoms with E-state index in [9.17, 15) is 5.11 Å². The summed E-state index contributed by atoms with van der Waals surface area (Å²) in [7, 11) is 0. The van der Waals surface area contributed by atoms with Crippen LogP contribution in [-0.4, -0.2) is 47.0 Å². The zero-order chi connectivity index (χ0) is 15.2. The van der Waals surface area contributed by atoms with Gasteiger partial charge in [0.25, 0.3) is 0 Å². The number of hydrogen-bond acceptors (Lipinski definition) is 6. The number of aliphatic hydroxyl groups is 1. The van der Waals surface area contributed by atoms with Gasteiger partial charge >= 0.3 is 0 Å². The predicted octanol–water partition coefficient (Wildman–Crippen LogP) is 2.03. The fraction of sp³-hybridized carbons (Fsp3) is 0.750. The highest BCUT2D eigenvalue weighted by Crippen LogP contribution is 2.24. The third-order valence-corrected chi connectivity index (χ3v) is 4.51. The van der Waals surface area contributed by atoms with Crippen LogP contribution in [0.15, 0.2) is 12.4 Å². The molecule has 122 valence electrons. The highest BCUT2D eigenvalue weighted by Gasteiger charge is 2.20. The summed E-state index contributed by atoms with van der Waals surface area (Å²) in [6.07, 6.45) is 7.80. The molecule has 1 saturated carbocycles. The van der Waals surface area contributed by atoms with E-state index in [4.69, 9.17) is 4.74 Å². The van der Waals surface area contributed by atoms with E-state index in [2.05, 4.69) is 20.6 Å². The van der Waals surface area contributed by atoms with Crippen molar-refractivity contribution in [3.8, 4) is 0 Å². The van der Waals surface area contributed by atoms with Crippen LogP contribution in [0.2, 0.25) is 0 Å². The maximum atomic E-state index is 9.73. The van der Waals surface area contributed by atoms with Crippen molar-refractivity contribution in [1.82, 2.24) is 9.97 Å². The van der Waals surface area contributed by atoms with Crippen molar-refractivity contribution < 1.29 is 9.84 Å². The summed E-state index contributed by atoms with van der Waals surface area (Å²) in [5.74, 6) is 2.22. The molecule has 1 aromatic rings. The first kappa shape index (κ1) is 15.5. The smallest absolute Gasteiger partial charge is 0.131 e. The maximum absolute atomic E-state index is 9.73. The summed E-state index contributed by atoms with van der Waals surface area (Å²) in [5.41, 5.74) is 0. The number of aromatic nitrogens is 2. The lowest BCUT2D eigenvalue weighted by Gasteiger charge is -2.26. The van der Waals surface area contributed by atoms with Crippen LogP contribution in [0.1, 0.15) is 38.5 Å². The first-order valence-electron chi connectivity index (χ1n) is 8.38. The van der Waals surface area contributed by atoms with Crippen molar-refractivity contribution in [2.24, 2.45) is 5.92 Å². The van der Waals surface area contributed by atoms with Gasteiger partial charge in [-0.25, -0.2) is 9.97 Å². The van der Waals surface area contributed by atoms with Gasteiger partial charge in [-0.3, -0.25) is 0 Å². The van der Waals surface area contributed by atoms with Crippen molar-refractivity contribution in [1.29, 1.82) is 0 Å². The van der Waals surface area contributed by atoms with Crippen molar-refractivity contribution in [3.63, 3.8) is 0 Å². The molecular weight excluding hydrogens is 280 g/mol. The first-order chi connectivity index (χ1) is 10.8. The van der Waals surface area contributed by atoms with Gasteiger partial charge in [-0.15, -0.1) is 0 Å². The van der Waals surface area contributed by atoms with Gasteiger partial charge in [0.2, 0.25) is 0 Å². The van der Waals surface area contributed by atoms with Gasteiger partial charge in [-0.1, -0.05) is 6.42 Å². The summed E-state index contributed by atoms with van der Waals surface area (Å²) >= 11 is 0. The second kappa shape index (κ2) is 7.74. The number of nitrogens with one attached hydrogen (secondary N) is 2. The second-order valence-electron chi connectivity index (χ2n) is 6.41. The Balaban J connectivity index is 1.50. The molecule has 2 aliphatic rings. The van der Waals surface area contributed by atoms with Crippen LogP contribution in [-0.2, 0) is 4.74 Å². The molecule has 3 N–H and O–H groups in total. The molecule has 1 aliphatic heterocycles. The predicted molar refractivity (Wildman–Crippen MR) is 86.0 cm³/mol. The van der Waals surface area contributed by atoms with Crippen LogP contribution in [0.5, 0.6) is 0 Å². The Labute approximate surface area is 131 Å². The number of ether oxygens (including phenoxy) is 1. The largest absolute Gasteiger partial charge is 0.393 e. The molecule has 0 bridgehead atoms. The van der Waals surface area contributed by atoms with Crippen LogP contribution in [0.3, 0.4) is 0 Å². The van der Waals surface area contributed by atoms with Gasteiger partial charge in [-0.05, 0) is 38.0 Å². The van der Waals surface area contributed by atoms with E-state index in [1.807, 2.05) is 6.07 Å². The molecule has 2 fully saturated rings. The fourth-order valence-electron chi connectivity index (χ4n) is 3.29. The van der Waals surface area contributed by atoms with Crippen molar-refractivity contribution in [3.05, 3.63) is 12.4 Å². The molecule has 0 spiro atoms. The van der Waals surface area contributed by atoms with E-state index in [0.717, 1.165) is 63.5 Å². The van der Waals surface area contributed by atoms with Crippen LogP contribution >= 0.6 is 0 Å². The van der Waals surface area contributed by atoms with Gasteiger partial charge < -0.3 is 20.5 Å². The lowest BCUT2D eigenvalue weighted by atomic mass is 9.87. The number of anilines is 2. The number of nitrogens with zero attached hydrogens (tertiary/aromatic N) is 2. The Morgan fingerprint density at radius 1 is 1.18 bits per heavy atom. The Kier molecular flexibility index (Phi) is 5.45. The molecule has 1 aliphatic carbocycles. The standard InChI is InChI=1S/C16H26N4O2/c21-14-5-1-3-12(7-14)9-17-15-8-16(19-11-18-15)20-13-4-2-6-22-10-13/h8,11-14,21H,1-7,9-10H2,(H2,17,18,19,20). The topological polar surface area (TPSA) is 79.3 Å².